The van der Waals surface area contributed by atoms with Crippen LogP contribution in [-0.2, 0) is 4.79 Å². The van der Waals surface area contributed by atoms with Crippen LogP contribution in [0.5, 0.6) is 0 Å². The molecule has 0 aliphatic rings. The zero-order chi connectivity index (χ0) is 17.8. The lowest BCUT2D eigenvalue weighted by Gasteiger charge is -2.14. The maximum absolute atomic E-state index is 12.5. The number of nitrogens with zero attached hydrogens (tertiary/aromatic N) is 2. The number of aromatic nitrogens is 2. The van der Waals surface area contributed by atoms with Crippen molar-refractivity contribution in [2.45, 2.75) is 19.3 Å². The molecular weight excluding hydrogens is 361 g/mol. The largest absolute Gasteiger partial charge is 0.425 e. The lowest BCUT2D eigenvalue weighted by atomic mass is 9.95. The first-order valence-electron chi connectivity index (χ1n) is 7.63. The van der Waals surface area contributed by atoms with E-state index in [1.807, 2.05) is 30.3 Å². The van der Waals surface area contributed by atoms with Crippen LogP contribution in [-0.4, -0.2) is 16.1 Å². The maximum atomic E-state index is 12.5. The fraction of sp³-hybridized carbons (Fsp3) is 0.167. The summed E-state index contributed by atoms with van der Waals surface area (Å²) in [6.45, 7) is 1.71. The standard InChI is InChI=1S/C18H15Cl2N3O2/c1-11-22-23-18(25-11)14(12-5-3-2-4-6-12)10-17(24)21-16-8-7-13(19)9-15(16)20/h2-9,14H,10H2,1H3,(H,21,24). The van der Waals surface area contributed by atoms with Gasteiger partial charge in [-0.2, -0.15) is 0 Å². The van der Waals surface area contributed by atoms with Crippen LogP contribution >= 0.6 is 23.2 Å². The van der Waals surface area contributed by atoms with Gasteiger partial charge in [0.15, 0.2) is 0 Å². The molecule has 0 saturated heterocycles. The Morgan fingerprint density at radius 1 is 1.16 bits per heavy atom. The van der Waals surface area contributed by atoms with Gasteiger partial charge in [0, 0.05) is 18.4 Å². The average Bonchev–Trinajstić information content (AvgIpc) is 3.02. The number of hydrogen-bond acceptors (Lipinski definition) is 4. The lowest BCUT2D eigenvalue weighted by Crippen LogP contribution is -2.17. The van der Waals surface area contributed by atoms with E-state index >= 15 is 0 Å². The minimum atomic E-state index is -0.339. The molecule has 2 aromatic carbocycles. The smallest absolute Gasteiger partial charge is 0.225 e. The van der Waals surface area contributed by atoms with Crippen LogP contribution < -0.4 is 5.32 Å². The van der Waals surface area contributed by atoms with E-state index in [-0.39, 0.29) is 18.2 Å². The predicted octanol–water partition coefficient (Wildman–Crippen LogP) is 4.85. The van der Waals surface area contributed by atoms with Crippen LogP contribution in [0.2, 0.25) is 10.0 Å². The molecule has 1 aromatic heterocycles. The third kappa shape index (κ3) is 4.38. The fourth-order valence-electron chi connectivity index (χ4n) is 2.46. The number of rotatable bonds is 5. The third-order valence-electron chi connectivity index (χ3n) is 3.64. The molecule has 0 fully saturated rings. The summed E-state index contributed by atoms with van der Waals surface area (Å²) >= 11 is 12.0. The number of anilines is 1. The first kappa shape index (κ1) is 17.5. The highest BCUT2D eigenvalue weighted by Gasteiger charge is 2.23. The van der Waals surface area contributed by atoms with Crippen molar-refractivity contribution in [3.63, 3.8) is 0 Å². The van der Waals surface area contributed by atoms with Gasteiger partial charge in [0.25, 0.3) is 0 Å². The molecule has 0 aliphatic carbocycles. The zero-order valence-corrected chi connectivity index (χ0v) is 14.9. The summed E-state index contributed by atoms with van der Waals surface area (Å²) in [5.41, 5.74) is 1.42. The number of benzene rings is 2. The van der Waals surface area contributed by atoms with E-state index in [2.05, 4.69) is 15.5 Å². The molecule has 0 aliphatic heterocycles. The van der Waals surface area contributed by atoms with Crippen molar-refractivity contribution in [2.75, 3.05) is 5.32 Å². The molecule has 1 N–H and O–H groups in total. The Balaban J connectivity index is 1.81. The molecule has 1 unspecified atom stereocenters. The normalized spacial score (nSPS) is 12.0. The molecule has 1 atom stereocenters. The number of carbonyl (C=O) groups excluding carboxylic acids is 1. The highest BCUT2D eigenvalue weighted by molar-refractivity contribution is 6.36. The molecule has 0 saturated carbocycles. The van der Waals surface area contributed by atoms with Crippen LogP contribution in [0, 0.1) is 6.92 Å². The molecule has 1 amide bonds. The van der Waals surface area contributed by atoms with Gasteiger partial charge in [-0.1, -0.05) is 53.5 Å². The molecule has 5 nitrogen and oxygen atoms in total. The van der Waals surface area contributed by atoms with Gasteiger partial charge < -0.3 is 9.73 Å². The third-order valence-corrected chi connectivity index (χ3v) is 4.18. The van der Waals surface area contributed by atoms with Gasteiger partial charge in [-0.05, 0) is 23.8 Å². The quantitative estimate of drug-likeness (QED) is 0.692. The zero-order valence-electron chi connectivity index (χ0n) is 13.4. The van der Waals surface area contributed by atoms with Crippen LogP contribution in [0.4, 0.5) is 5.69 Å². The average molecular weight is 376 g/mol. The molecular formula is C18H15Cl2N3O2. The molecule has 0 spiro atoms. The monoisotopic (exact) mass is 375 g/mol. The second-order valence-corrected chi connectivity index (χ2v) is 6.34. The lowest BCUT2D eigenvalue weighted by molar-refractivity contribution is -0.116. The van der Waals surface area contributed by atoms with Crippen molar-refractivity contribution in [3.05, 3.63) is 75.9 Å². The Bertz CT molecular complexity index is 881. The Hall–Kier alpha value is -2.37. The highest BCUT2D eigenvalue weighted by Crippen LogP contribution is 2.29. The Kier molecular flexibility index (Phi) is 5.36. The number of aryl methyl sites for hydroxylation is 1. The van der Waals surface area contributed by atoms with E-state index < -0.39 is 0 Å². The number of nitrogens with one attached hydrogen (secondary N) is 1. The van der Waals surface area contributed by atoms with Crippen LogP contribution in [0.3, 0.4) is 0 Å². The van der Waals surface area contributed by atoms with Crippen molar-refractivity contribution < 1.29 is 9.21 Å². The number of carbonyl (C=O) groups is 1. The fourth-order valence-corrected chi connectivity index (χ4v) is 2.92. The number of halogens is 2. The van der Waals surface area contributed by atoms with E-state index in [0.717, 1.165) is 5.56 Å². The van der Waals surface area contributed by atoms with Crippen molar-refractivity contribution >= 4 is 34.8 Å². The molecule has 0 bridgehead atoms. The maximum Gasteiger partial charge on any atom is 0.225 e. The first-order valence-corrected chi connectivity index (χ1v) is 8.38. The van der Waals surface area contributed by atoms with Gasteiger partial charge in [-0.3, -0.25) is 4.79 Å². The van der Waals surface area contributed by atoms with Crippen molar-refractivity contribution in [1.82, 2.24) is 10.2 Å². The SMILES string of the molecule is Cc1nnc(C(CC(=O)Nc2ccc(Cl)cc2Cl)c2ccccc2)o1. The first-order chi connectivity index (χ1) is 12.0. The van der Waals surface area contributed by atoms with E-state index in [1.54, 1.807) is 25.1 Å². The van der Waals surface area contributed by atoms with Gasteiger partial charge >= 0.3 is 0 Å². The van der Waals surface area contributed by atoms with Crippen molar-refractivity contribution in [2.24, 2.45) is 0 Å². The molecule has 128 valence electrons. The second kappa shape index (κ2) is 7.68. The predicted molar refractivity (Wildman–Crippen MR) is 97.0 cm³/mol. The minimum Gasteiger partial charge on any atom is -0.425 e. The summed E-state index contributed by atoms with van der Waals surface area (Å²) in [6.07, 6.45) is 0.143. The Morgan fingerprint density at radius 2 is 1.92 bits per heavy atom. The van der Waals surface area contributed by atoms with Gasteiger partial charge in [0.2, 0.25) is 17.7 Å². The minimum absolute atomic E-state index is 0.143. The summed E-state index contributed by atoms with van der Waals surface area (Å²) in [6, 6.07) is 14.5. The van der Waals surface area contributed by atoms with Crippen LogP contribution in [0.25, 0.3) is 0 Å². The summed E-state index contributed by atoms with van der Waals surface area (Å²) in [5.74, 6) is 0.306. The van der Waals surface area contributed by atoms with Crippen molar-refractivity contribution in [3.8, 4) is 0 Å². The van der Waals surface area contributed by atoms with Gasteiger partial charge in [0.05, 0.1) is 16.6 Å². The number of amides is 1. The van der Waals surface area contributed by atoms with Crippen molar-refractivity contribution in [1.29, 1.82) is 0 Å². The van der Waals surface area contributed by atoms with E-state index in [4.69, 9.17) is 27.6 Å². The molecule has 25 heavy (non-hydrogen) atoms. The summed E-state index contributed by atoms with van der Waals surface area (Å²) in [5, 5.41) is 11.6. The van der Waals surface area contributed by atoms with E-state index in [9.17, 15) is 4.79 Å². The summed E-state index contributed by atoms with van der Waals surface area (Å²) in [4.78, 5) is 12.5. The molecule has 3 aromatic rings. The molecule has 3 rings (SSSR count). The summed E-state index contributed by atoms with van der Waals surface area (Å²) < 4.78 is 5.54. The van der Waals surface area contributed by atoms with Crippen LogP contribution in [0.15, 0.2) is 52.9 Å². The van der Waals surface area contributed by atoms with Gasteiger partial charge in [-0.15, -0.1) is 10.2 Å². The Labute approximate surface area is 155 Å². The van der Waals surface area contributed by atoms with E-state index in [0.29, 0.717) is 27.5 Å². The van der Waals surface area contributed by atoms with Gasteiger partial charge in [0.1, 0.15) is 0 Å². The molecule has 7 heteroatoms. The number of hydrogen-bond donors (Lipinski definition) is 1. The second-order valence-electron chi connectivity index (χ2n) is 5.50. The topological polar surface area (TPSA) is 68.0 Å². The molecule has 1 heterocycles. The highest BCUT2D eigenvalue weighted by atomic mass is 35.5. The van der Waals surface area contributed by atoms with Gasteiger partial charge in [-0.25, -0.2) is 0 Å². The van der Waals surface area contributed by atoms with E-state index in [1.165, 1.54) is 0 Å². The Morgan fingerprint density at radius 3 is 2.56 bits per heavy atom. The van der Waals surface area contributed by atoms with Crippen LogP contribution in [0.1, 0.15) is 29.7 Å². The summed E-state index contributed by atoms with van der Waals surface area (Å²) in [7, 11) is 0. The molecule has 0 radical (unpaired) electrons.